The molecule has 1 N–H and O–H groups in total. The second-order valence-corrected chi connectivity index (χ2v) is 8.24. The van der Waals surface area contributed by atoms with Crippen LogP contribution in [0, 0.1) is 13.8 Å². The number of rotatable bonds is 7. The van der Waals surface area contributed by atoms with Gasteiger partial charge in [-0.3, -0.25) is 9.59 Å². The summed E-state index contributed by atoms with van der Waals surface area (Å²) in [5.41, 5.74) is 3.34. The fraction of sp³-hybridized carbons (Fsp3) is 0.360. The van der Waals surface area contributed by atoms with Gasteiger partial charge in [-0.15, -0.1) is 0 Å². The first-order chi connectivity index (χ1) is 14.7. The molecule has 1 amide bonds. The molecule has 0 spiro atoms. The Balaban J connectivity index is 2.10. The number of hydrogen-bond acceptors (Lipinski definition) is 5. The Bertz CT molecular complexity index is 1010. The van der Waals surface area contributed by atoms with Crippen LogP contribution in [0.15, 0.2) is 48.0 Å². The maximum absolute atomic E-state index is 13.0. The molecule has 164 valence electrons. The van der Waals surface area contributed by atoms with Crippen LogP contribution in [-0.2, 0) is 9.59 Å². The van der Waals surface area contributed by atoms with Gasteiger partial charge in [0.05, 0.1) is 18.7 Å². The highest BCUT2D eigenvalue weighted by molar-refractivity contribution is 6.46. The summed E-state index contributed by atoms with van der Waals surface area (Å²) in [7, 11) is 5.52. The van der Waals surface area contributed by atoms with E-state index >= 15 is 0 Å². The van der Waals surface area contributed by atoms with E-state index in [0.717, 1.165) is 29.7 Å². The van der Waals surface area contributed by atoms with Gasteiger partial charge in [-0.2, -0.15) is 0 Å². The maximum Gasteiger partial charge on any atom is 0.295 e. The van der Waals surface area contributed by atoms with Gasteiger partial charge in [0.1, 0.15) is 11.5 Å². The fourth-order valence-electron chi connectivity index (χ4n) is 3.94. The minimum Gasteiger partial charge on any atom is -0.507 e. The first-order valence-corrected chi connectivity index (χ1v) is 10.4. The monoisotopic (exact) mass is 422 g/mol. The van der Waals surface area contributed by atoms with Crippen LogP contribution >= 0.6 is 0 Å². The summed E-state index contributed by atoms with van der Waals surface area (Å²) in [5, 5.41) is 11.1. The molecule has 6 heteroatoms. The molecule has 0 aliphatic carbocycles. The van der Waals surface area contributed by atoms with Crippen LogP contribution in [0.25, 0.3) is 5.76 Å². The number of likely N-dealkylation sites (tertiary alicyclic amines) is 1. The van der Waals surface area contributed by atoms with Gasteiger partial charge in [0, 0.05) is 12.1 Å². The lowest BCUT2D eigenvalue weighted by atomic mass is 9.94. The summed E-state index contributed by atoms with van der Waals surface area (Å²) >= 11 is 0. The number of carbonyl (C=O) groups excluding carboxylic acids is 2. The first kappa shape index (κ1) is 22.6. The van der Waals surface area contributed by atoms with E-state index in [9.17, 15) is 14.7 Å². The average Bonchev–Trinajstić information content (AvgIpc) is 2.98. The Kier molecular flexibility index (Phi) is 6.81. The third kappa shape index (κ3) is 4.64. The van der Waals surface area contributed by atoms with Gasteiger partial charge >= 0.3 is 0 Å². The number of benzene rings is 2. The number of ketones is 1. The molecule has 2 aromatic rings. The second-order valence-electron chi connectivity index (χ2n) is 8.24. The minimum absolute atomic E-state index is 0.128. The molecule has 1 atom stereocenters. The molecule has 1 heterocycles. The van der Waals surface area contributed by atoms with Crippen molar-refractivity contribution < 1.29 is 19.4 Å². The highest BCUT2D eigenvalue weighted by atomic mass is 16.5. The van der Waals surface area contributed by atoms with Crippen LogP contribution in [0.2, 0.25) is 0 Å². The van der Waals surface area contributed by atoms with Crippen molar-refractivity contribution in [2.24, 2.45) is 0 Å². The fourth-order valence-corrected chi connectivity index (χ4v) is 3.94. The largest absolute Gasteiger partial charge is 0.507 e. The molecule has 0 aromatic heterocycles. The Labute approximate surface area is 183 Å². The molecule has 31 heavy (non-hydrogen) atoms. The molecule has 1 saturated heterocycles. The lowest BCUT2D eigenvalue weighted by molar-refractivity contribution is -0.139. The quantitative estimate of drug-likeness (QED) is 0.419. The first-order valence-electron chi connectivity index (χ1n) is 10.4. The number of aliphatic hydroxyl groups is 1. The minimum atomic E-state index is -0.651. The molecule has 6 nitrogen and oxygen atoms in total. The number of amides is 1. The predicted molar refractivity (Wildman–Crippen MR) is 121 cm³/mol. The van der Waals surface area contributed by atoms with Crippen molar-refractivity contribution in [3.8, 4) is 5.75 Å². The molecule has 1 aliphatic rings. The normalized spacial score (nSPS) is 18.1. The van der Waals surface area contributed by atoms with Gasteiger partial charge in [0.15, 0.2) is 0 Å². The van der Waals surface area contributed by atoms with E-state index in [-0.39, 0.29) is 11.3 Å². The number of aliphatic hydroxyl groups excluding tert-OH is 1. The molecular weight excluding hydrogens is 392 g/mol. The summed E-state index contributed by atoms with van der Waals surface area (Å²) in [6.45, 7) is 5.08. The lowest BCUT2D eigenvalue weighted by Crippen LogP contribution is -2.32. The van der Waals surface area contributed by atoms with Gasteiger partial charge in [0.2, 0.25) is 0 Å². The maximum atomic E-state index is 13.0. The van der Waals surface area contributed by atoms with Crippen molar-refractivity contribution in [1.29, 1.82) is 0 Å². The highest BCUT2D eigenvalue weighted by Gasteiger charge is 2.45. The molecule has 1 fully saturated rings. The van der Waals surface area contributed by atoms with E-state index in [1.807, 2.05) is 57.1 Å². The summed E-state index contributed by atoms with van der Waals surface area (Å²) in [4.78, 5) is 29.6. The third-order valence-corrected chi connectivity index (χ3v) is 5.61. The van der Waals surface area contributed by atoms with E-state index in [1.54, 1.807) is 30.2 Å². The molecule has 3 rings (SSSR count). The Morgan fingerprint density at radius 3 is 2.35 bits per heavy atom. The SMILES string of the molecule is COc1ccc(/C(O)=C2\C(=O)C(=O)N(CCCN(C)C)[C@@H]2c2ccc(C)cc2)cc1C. The summed E-state index contributed by atoms with van der Waals surface area (Å²) in [5.74, 6) is -0.696. The summed E-state index contributed by atoms with van der Waals surface area (Å²) in [6, 6.07) is 12.3. The van der Waals surface area contributed by atoms with Gasteiger partial charge < -0.3 is 19.6 Å². The Hall–Kier alpha value is -3.12. The standard InChI is InChI=1S/C25H30N2O4/c1-16-7-9-18(10-8-16)22-21(23(28)19-11-12-20(31-5)17(2)15-19)24(29)25(30)27(22)14-6-13-26(3)4/h7-12,15,22,28H,6,13-14H2,1-5H3/b23-21+/t22-/m1/s1. The molecule has 2 aromatic carbocycles. The molecule has 1 aliphatic heterocycles. The van der Waals surface area contributed by atoms with E-state index < -0.39 is 17.7 Å². The van der Waals surface area contributed by atoms with Gasteiger partial charge in [-0.25, -0.2) is 0 Å². The number of methoxy groups -OCH3 is 1. The number of Topliss-reactive ketones (excluding diaryl/α,β-unsaturated/α-hetero) is 1. The van der Waals surface area contributed by atoms with Gasteiger partial charge in [-0.1, -0.05) is 29.8 Å². The Morgan fingerprint density at radius 2 is 1.77 bits per heavy atom. The third-order valence-electron chi connectivity index (χ3n) is 5.61. The molecular formula is C25H30N2O4. The van der Waals surface area contributed by atoms with E-state index in [0.29, 0.717) is 17.9 Å². The van der Waals surface area contributed by atoms with Crippen LogP contribution in [0.5, 0.6) is 5.75 Å². The zero-order valence-electron chi connectivity index (χ0n) is 18.8. The number of ether oxygens (including phenoxy) is 1. The predicted octanol–water partition coefficient (Wildman–Crippen LogP) is 3.69. The highest BCUT2D eigenvalue weighted by Crippen LogP contribution is 2.40. The molecule has 0 saturated carbocycles. The molecule has 0 radical (unpaired) electrons. The number of carbonyl (C=O) groups is 2. The smallest absolute Gasteiger partial charge is 0.295 e. The van der Waals surface area contributed by atoms with E-state index in [1.165, 1.54) is 0 Å². The molecule has 0 unspecified atom stereocenters. The summed E-state index contributed by atoms with van der Waals surface area (Å²) in [6.07, 6.45) is 0.726. The van der Waals surface area contributed by atoms with Gasteiger partial charge in [0.25, 0.3) is 11.7 Å². The number of hydrogen-bond donors (Lipinski definition) is 1. The van der Waals surface area contributed by atoms with E-state index in [2.05, 4.69) is 0 Å². The zero-order valence-corrected chi connectivity index (χ0v) is 18.8. The van der Waals surface area contributed by atoms with Crippen LogP contribution in [0.4, 0.5) is 0 Å². The second kappa shape index (κ2) is 9.35. The number of aryl methyl sites for hydroxylation is 2. The van der Waals surface area contributed by atoms with Crippen molar-refractivity contribution in [3.63, 3.8) is 0 Å². The van der Waals surface area contributed by atoms with Crippen molar-refractivity contribution in [2.75, 3.05) is 34.3 Å². The summed E-state index contributed by atoms with van der Waals surface area (Å²) < 4.78 is 5.29. The zero-order chi connectivity index (χ0) is 22.7. The number of nitrogens with zero attached hydrogens (tertiary/aromatic N) is 2. The molecule has 0 bridgehead atoms. The van der Waals surface area contributed by atoms with Crippen LogP contribution in [0.3, 0.4) is 0 Å². The van der Waals surface area contributed by atoms with Crippen LogP contribution < -0.4 is 4.74 Å². The van der Waals surface area contributed by atoms with E-state index in [4.69, 9.17) is 4.74 Å². The topological polar surface area (TPSA) is 70.1 Å². The van der Waals surface area contributed by atoms with Crippen LogP contribution in [0.1, 0.15) is 34.7 Å². The lowest BCUT2D eigenvalue weighted by Gasteiger charge is -2.26. The van der Waals surface area contributed by atoms with Gasteiger partial charge in [-0.05, 0) is 70.2 Å². The van der Waals surface area contributed by atoms with Crippen molar-refractivity contribution >= 4 is 17.4 Å². The van der Waals surface area contributed by atoms with Crippen molar-refractivity contribution in [3.05, 3.63) is 70.3 Å². The van der Waals surface area contributed by atoms with Crippen molar-refractivity contribution in [1.82, 2.24) is 9.80 Å². The van der Waals surface area contributed by atoms with Crippen LogP contribution in [-0.4, -0.2) is 60.9 Å². The van der Waals surface area contributed by atoms with Crippen molar-refractivity contribution in [2.45, 2.75) is 26.3 Å². The Morgan fingerprint density at radius 1 is 1.10 bits per heavy atom. The average molecular weight is 423 g/mol.